The molecular weight excluding hydrogens is 266 g/mol. The van der Waals surface area contributed by atoms with Crippen molar-refractivity contribution < 1.29 is 14.6 Å². The van der Waals surface area contributed by atoms with Crippen molar-refractivity contribution in [1.82, 2.24) is 5.32 Å². The highest BCUT2D eigenvalue weighted by Gasteiger charge is 2.24. The van der Waals surface area contributed by atoms with Crippen molar-refractivity contribution in [3.63, 3.8) is 0 Å². The molecule has 0 heterocycles. The summed E-state index contributed by atoms with van der Waals surface area (Å²) in [5, 5.41) is 12.1. The SMILES string of the molecule is CCC(C)(CCO)NC(=O)c1cccc(OCC(C)C)c1. The minimum atomic E-state index is -0.388. The van der Waals surface area contributed by atoms with E-state index < -0.39 is 0 Å². The van der Waals surface area contributed by atoms with Gasteiger partial charge in [-0.2, -0.15) is 0 Å². The number of hydrogen-bond acceptors (Lipinski definition) is 3. The molecule has 1 rings (SSSR count). The Hall–Kier alpha value is -1.55. The number of hydrogen-bond donors (Lipinski definition) is 2. The summed E-state index contributed by atoms with van der Waals surface area (Å²) in [7, 11) is 0. The molecule has 1 amide bonds. The lowest BCUT2D eigenvalue weighted by molar-refractivity contribution is 0.0885. The van der Waals surface area contributed by atoms with Crippen molar-refractivity contribution in [2.45, 2.75) is 46.1 Å². The molecule has 2 N–H and O–H groups in total. The molecule has 0 bridgehead atoms. The monoisotopic (exact) mass is 293 g/mol. The van der Waals surface area contributed by atoms with Crippen molar-refractivity contribution in [2.24, 2.45) is 5.92 Å². The van der Waals surface area contributed by atoms with Crippen LogP contribution in [-0.4, -0.2) is 29.8 Å². The number of carbonyl (C=O) groups is 1. The van der Waals surface area contributed by atoms with Gasteiger partial charge < -0.3 is 15.2 Å². The second kappa shape index (κ2) is 8.03. The maximum absolute atomic E-state index is 12.3. The van der Waals surface area contributed by atoms with Crippen molar-refractivity contribution in [2.75, 3.05) is 13.2 Å². The number of aliphatic hydroxyl groups is 1. The molecule has 0 radical (unpaired) electrons. The number of benzene rings is 1. The van der Waals surface area contributed by atoms with Crippen LogP contribution in [0.15, 0.2) is 24.3 Å². The summed E-state index contributed by atoms with van der Waals surface area (Å²) in [4.78, 5) is 12.3. The van der Waals surface area contributed by atoms with Gasteiger partial charge in [0.2, 0.25) is 0 Å². The summed E-state index contributed by atoms with van der Waals surface area (Å²) in [5.41, 5.74) is 0.189. The van der Waals surface area contributed by atoms with Gasteiger partial charge in [-0.15, -0.1) is 0 Å². The zero-order valence-electron chi connectivity index (χ0n) is 13.5. The molecule has 1 atom stereocenters. The lowest BCUT2D eigenvalue weighted by Gasteiger charge is -2.29. The summed E-state index contributed by atoms with van der Waals surface area (Å²) in [6.07, 6.45) is 1.31. The maximum Gasteiger partial charge on any atom is 0.251 e. The van der Waals surface area contributed by atoms with Gasteiger partial charge in [0.1, 0.15) is 5.75 Å². The minimum Gasteiger partial charge on any atom is -0.493 e. The second-order valence-electron chi connectivity index (χ2n) is 6.07. The fraction of sp³-hybridized carbons (Fsp3) is 0.588. The number of nitrogens with one attached hydrogen (secondary N) is 1. The Bertz CT molecular complexity index is 459. The van der Waals surface area contributed by atoms with E-state index in [1.54, 1.807) is 12.1 Å². The van der Waals surface area contributed by atoms with Crippen molar-refractivity contribution in [3.05, 3.63) is 29.8 Å². The number of carbonyl (C=O) groups excluding carboxylic acids is 1. The van der Waals surface area contributed by atoms with Crippen LogP contribution in [0.5, 0.6) is 5.75 Å². The van der Waals surface area contributed by atoms with E-state index in [4.69, 9.17) is 9.84 Å². The van der Waals surface area contributed by atoms with Crippen LogP contribution >= 0.6 is 0 Å². The quantitative estimate of drug-likeness (QED) is 0.774. The van der Waals surface area contributed by atoms with Gasteiger partial charge in [0.15, 0.2) is 0 Å². The topological polar surface area (TPSA) is 58.6 Å². The Kier molecular flexibility index (Phi) is 6.69. The van der Waals surface area contributed by atoms with Crippen molar-refractivity contribution >= 4 is 5.91 Å². The van der Waals surface area contributed by atoms with Crippen LogP contribution in [0.4, 0.5) is 0 Å². The molecule has 0 aliphatic carbocycles. The zero-order valence-corrected chi connectivity index (χ0v) is 13.5. The molecule has 4 heteroatoms. The third-order valence-corrected chi connectivity index (χ3v) is 3.54. The molecule has 0 aliphatic heterocycles. The van der Waals surface area contributed by atoms with E-state index in [1.807, 2.05) is 26.0 Å². The molecule has 0 saturated carbocycles. The summed E-state index contributed by atoms with van der Waals surface area (Å²) in [6, 6.07) is 7.20. The summed E-state index contributed by atoms with van der Waals surface area (Å²) in [5.74, 6) is 1.01. The highest BCUT2D eigenvalue weighted by molar-refractivity contribution is 5.95. The molecule has 21 heavy (non-hydrogen) atoms. The molecule has 1 aromatic rings. The van der Waals surface area contributed by atoms with Crippen LogP contribution in [0.2, 0.25) is 0 Å². The first kappa shape index (κ1) is 17.5. The zero-order chi connectivity index (χ0) is 15.9. The second-order valence-corrected chi connectivity index (χ2v) is 6.07. The fourth-order valence-electron chi connectivity index (χ4n) is 1.91. The normalized spacial score (nSPS) is 13.8. The molecular formula is C17H27NO3. The Labute approximate surface area is 127 Å². The van der Waals surface area contributed by atoms with Crippen LogP contribution in [0, 0.1) is 5.92 Å². The fourth-order valence-corrected chi connectivity index (χ4v) is 1.91. The van der Waals surface area contributed by atoms with Crippen molar-refractivity contribution in [1.29, 1.82) is 0 Å². The summed E-state index contributed by atoms with van der Waals surface area (Å²) in [6.45, 7) is 8.79. The van der Waals surface area contributed by atoms with E-state index in [0.717, 1.165) is 6.42 Å². The lowest BCUT2D eigenvalue weighted by Crippen LogP contribution is -2.46. The summed E-state index contributed by atoms with van der Waals surface area (Å²) < 4.78 is 5.64. The van der Waals surface area contributed by atoms with Crippen LogP contribution < -0.4 is 10.1 Å². The predicted molar refractivity (Wildman–Crippen MR) is 84.6 cm³/mol. The molecule has 0 fully saturated rings. The van der Waals surface area contributed by atoms with E-state index in [9.17, 15) is 4.79 Å². The Morgan fingerprint density at radius 1 is 1.43 bits per heavy atom. The molecule has 118 valence electrons. The lowest BCUT2D eigenvalue weighted by atomic mass is 9.94. The van der Waals surface area contributed by atoms with Gasteiger partial charge in [-0.25, -0.2) is 0 Å². The van der Waals surface area contributed by atoms with E-state index in [1.165, 1.54) is 0 Å². The average molecular weight is 293 g/mol. The van der Waals surface area contributed by atoms with Gasteiger partial charge in [-0.1, -0.05) is 26.8 Å². The molecule has 0 spiro atoms. The Balaban J connectivity index is 2.76. The third-order valence-electron chi connectivity index (χ3n) is 3.54. The van der Waals surface area contributed by atoms with Crippen LogP contribution in [0.25, 0.3) is 0 Å². The van der Waals surface area contributed by atoms with Crippen LogP contribution in [-0.2, 0) is 0 Å². The van der Waals surface area contributed by atoms with Gasteiger partial charge >= 0.3 is 0 Å². The molecule has 1 unspecified atom stereocenters. The Morgan fingerprint density at radius 3 is 2.71 bits per heavy atom. The van der Waals surface area contributed by atoms with E-state index in [2.05, 4.69) is 19.2 Å². The maximum atomic E-state index is 12.3. The molecule has 1 aromatic carbocycles. The summed E-state index contributed by atoms with van der Waals surface area (Å²) >= 11 is 0. The first-order chi connectivity index (χ1) is 9.90. The van der Waals surface area contributed by atoms with Crippen LogP contribution in [0.3, 0.4) is 0 Å². The van der Waals surface area contributed by atoms with Gasteiger partial charge in [0.05, 0.1) is 6.61 Å². The minimum absolute atomic E-state index is 0.0577. The van der Waals surface area contributed by atoms with E-state index in [-0.39, 0.29) is 18.1 Å². The molecule has 4 nitrogen and oxygen atoms in total. The number of aliphatic hydroxyl groups excluding tert-OH is 1. The van der Waals surface area contributed by atoms with Gasteiger partial charge in [-0.05, 0) is 43.9 Å². The first-order valence-electron chi connectivity index (χ1n) is 7.56. The van der Waals surface area contributed by atoms with Gasteiger partial charge in [-0.3, -0.25) is 4.79 Å². The third kappa shape index (κ3) is 5.76. The van der Waals surface area contributed by atoms with E-state index in [0.29, 0.717) is 30.3 Å². The number of amides is 1. The Morgan fingerprint density at radius 2 is 2.14 bits per heavy atom. The predicted octanol–water partition coefficient (Wildman–Crippen LogP) is 3.00. The molecule has 0 saturated heterocycles. The van der Waals surface area contributed by atoms with Gasteiger partial charge in [0.25, 0.3) is 5.91 Å². The van der Waals surface area contributed by atoms with Crippen LogP contribution in [0.1, 0.15) is 50.9 Å². The first-order valence-corrected chi connectivity index (χ1v) is 7.56. The van der Waals surface area contributed by atoms with Gasteiger partial charge in [0, 0.05) is 17.7 Å². The smallest absolute Gasteiger partial charge is 0.251 e. The highest BCUT2D eigenvalue weighted by atomic mass is 16.5. The number of ether oxygens (including phenoxy) is 1. The largest absolute Gasteiger partial charge is 0.493 e. The molecule has 0 aliphatic rings. The van der Waals surface area contributed by atoms with Crippen molar-refractivity contribution in [3.8, 4) is 5.75 Å². The highest BCUT2D eigenvalue weighted by Crippen LogP contribution is 2.18. The van der Waals surface area contributed by atoms with E-state index >= 15 is 0 Å². The number of rotatable bonds is 8. The molecule has 0 aromatic heterocycles. The standard InChI is InChI=1S/C17H27NO3/c1-5-17(4,9-10-19)18-16(20)14-7-6-8-15(11-14)21-12-13(2)3/h6-8,11,13,19H,5,9-10,12H2,1-4H3,(H,18,20). The average Bonchev–Trinajstić information content (AvgIpc) is 2.45.